The van der Waals surface area contributed by atoms with Crippen LogP contribution in [0.3, 0.4) is 0 Å². The summed E-state index contributed by atoms with van der Waals surface area (Å²) < 4.78 is 31.5. The van der Waals surface area contributed by atoms with Crippen molar-refractivity contribution in [2.75, 3.05) is 6.54 Å². The number of rotatable bonds is 5. The molecule has 1 aromatic carbocycles. The molecular weight excluding hydrogens is 417 g/mol. The highest BCUT2D eigenvalue weighted by atomic mass is 127. The molecule has 0 spiro atoms. The molecule has 0 saturated heterocycles. The maximum atomic E-state index is 13.8. The number of hydrogen-bond donors (Lipinski definition) is 2. The number of aliphatic imine (C=N–C) groups is 1. The molecular formula is C15H19F2IN4O. The fourth-order valence-electron chi connectivity index (χ4n) is 1.93. The number of guanidine groups is 1. The summed E-state index contributed by atoms with van der Waals surface area (Å²) in [7, 11) is 0. The first-order valence-corrected chi connectivity index (χ1v) is 6.99. The Kier molecular flexibility index (Phi) is 7.93. The van der Waals surface area contributed by atoms with E-state index in [1.165, 1.54) is 18.4 Å². The lowest BCUT2D eigenvalue weighted by Crippen LogP contribution is -2.39. The number of nitrogens with one attached hydrogen (secondary N) is 2. The first-order chi connectivity index (χ1) is 10.6. The Morgan fingerprint density at radius 1 is 1.35 bits per heavy atom. The molecule has 2 aromatic rings. The maximum Gasteiger partial charge on any atom is 0.192 e. The van der Waals surface area contributed by atoms with Crippen LogP contribution in [0.2, 0.25) is 0 Å². The average Bonchev–Trinajstić information content (AvgIpc) is 2.98. The lowest BCUT2D eigenvalue weighted by molar-refractivity contribution is 0.412. The molecule has 2 rings (SSSR count). The van der Waals surface area contributed by atoms with Crippen LogP contribution in [0, 0.1) is 11.6 Å². The predicted octanol–water partition coefficient (Wildman–Crippen LogP) is 3.39. The Morgan fingerprint density at radius 3 is 2.74 bits per heavy atom. The largest absolute Gasteiger partial charge is 0.364 e. The normalized spacial score (nSPS) is 12.4. The first kappa shape index (κ1) is 19.3. The van der Waals surface area contributed by atoms with E-state index in [1.807, 2.05) is 6.92 Å². The summed E-state index contributed by atoms with van der Waals surface area (Å²) in [6.07, 6.45) is 1.47. The van der Waals surface area contributed by atoms with Crippen molar-refractivity contribution in [3.63, 3.8) is 0 Å². The fraction of sp³-hybridized carbons (Fsp3) is 0.333. The third-order valence-corrected chi connectivity index (χ3v) is 3.02. The second kappa shape index (κ2) is 9.43. The van der Waals surface area contributed by atoms with Crippen LogP contribution in [-0.2, 0) is 6.54 Å². The van der Waals surface area contributed by atoms with Gasteiger partial charge < -0.3 is 15.2 Å². The topological polar surface area (TPSA) is 62.5 Å². The third kappa shape index (κ3) is 5.77. The summed E-state index contributed by atoms with van der Waals surface area (Å²) in [4.78, 5) is 4.34. The molecule has 1 aromatic heterocycles. The Hall–Kier alpha value is -1.71. The van der Waals surface area contributed by atoms with Crippen molar-refractivity contribution in [3.05, 3.63) is 53.4 Å². The van der Waals surface area contributed by atoms with Gasteiger partial charge in [-0.15, -0.1) is 24.0 Å². The van der Waals surface area contributed by atoms with E-state index in [9.17, 15) is 8.78 Å². The lowest BCUT2D eigenvalue weighted by Gasteiger charge is -2.18. The van der Waals surface area contributed by atoms with Crippen LogP contribution in [-0.4, -0.2) is 17.7 Å². The predicted molar refractivity (Wildman–Crippen MR) is 94.6 cm³/mol. The molecule has 8 heteroatoms. The van der Waals surface area contributed by atoms with Crippen molar-refractivity contribution in [2.24, 2.45) is 4.99 Å². The van der Waals surface area contributed by atoms with Crippen molar-refractivity contribution < 1.29 is 13.3 Å². The molecule has 0 fully saturated rings. The van der Waals surface area contributed by atoms with Crippen LogP contribution in [0.15, 0.2) is 40.0 Å². The molecule has 0 bridgehead atoms. The quantitative estimate of drug-likeness (QED) is 0.429. The standard InChI is InChI=1S/C15H18F2N4O.HI/c1-3-18-15(19-9-12-6-7-22-21-12)20-10(2)13-5-4-11(16)8-14(13)17;/h4-8,10H,3,9H2,1-2H3,(H2,18,19,20);1H. The number of hydrogen-bond acceptors (Lipinski definition) is 3. The minimum Gasteiger partial charge on any atom is -0.364 e. The summed E-state index contributed by atoms with van der Waals surface area (Å²) in [5.74, 6) is -0.672. The molecule has 1 unspecified atom stereocenters. The molecule has 0 aliphatic carbocycles. The highest BCUT2D eigenvalue weighted by Gasteiger charge is 2.13. The van der Waals surface area contributed by atoms with Crippen LogP contribution >= 0.6 is 24.0 Å². The summed E-state index contributed by atoms with van der Waals surface area (Å²) in [5, 5.41) is 9.91. The molecule has 1 atom stereocenters. The van der Waals surface area contributed by atoms with Crippen molar-refractivity contribution in [1.82, 2.24) is 15.8 Å². The van der Waals surface area contributed by atoms with Gasteiger partial charge in [0, 0.05) is 24.2 Å². The molecule has 0 saturated carbocycles. The van der Waals surface area contributed by atoms with E-state index < -0.39 is 11.6 Å². The van der Waals surface area contributed by atoms with Crippen LogP contribution in [0.25, 0.3) is 0 Å². The van der Waals surface area contributed by atoms with E-state index in [4.69, 9.17) is 4.52 Å². The van der Waals surface area contributed by atoms with Crippen molar-refractivity contribution in [3.8, 4) is 0 Å². The van der Waals surface area contributed by atoms with E-state index >= 15 is 0 Å². The van der Waals surface area contributed by atoms with Gasteiger partial charge in [0.1, 0.15) is 23.6 Å². The van der Waals surface area contributed by atoms with Crippen molar-refractivity contribution in [2.45, 2.75) is 26.4 Å². The van der Waals surface area contributed by atoms with Gasteiger partial charge >= 0.3 is 0 Å². The van der Waals surface area contributed by atoms with Crippen molar-refractivity contribution in [1.29, 1.82) is 0 Å². The molecule has 0 amide bonds. The van der Waals surface area contributed by atoms with E-state index in [0.29, 0.717) is 30.3 Å². The van der Waals surface area contributed by atoms with E-state index in [-0.39, 0.29) is 30.0 Å². The van der Waals surface area contributed by atoms with Gasteiger partial charge in [-0.1, -0.05) is 11.2 Å². The number of halogens is 3. The molecule has 2 N–H and O–H groups in total. The van der Waals surface area contributed by atoms with Crippen LogP contribution in [0.1, 0.15) is 31.1 Å². The molecule has 0 aliphatic rings. The Morgan fingerprint density at radius 2 is 2.13 bits per heavy atom. The molecule has 1 heterocycles. The zero-order valence-electron chi connectivity index (χ0n) is 12.8. The molecule has 23 heavy (non-hydrogen) atoms. The van der Waals surface area contributed by atoms with Crippen molar-refractivity contribution >= 4 is 29.9 Å². The summed E-state index contributed by atoms with van der Waals surface area (Å²) in [6, 6.07) is 4.87. The van der Waals surface area contributed by atoms with Crippen LogP contribution < -0.4 is 10.6 Å². The second-order valence-corrected chi connectivity index (χ2v) is 4.72. The van der Waals surface area contributed by atoms with Gasteiger partial charge in [-0.2, -0.15) is 0 Å². The lowest BCUT2D eigenvalue weighted by atomic mass is 10.1. The zero-order valence-corrected chi connectivity index (χ0v) is 15.2. The molecule has 5 nitrogen and oxygen atoms in total. The SMILES string of the molecule is CCNC(=NCc1ccon1)NC(C)c1ccc(F)cc1F.I. The number of benzene rings is 1. The Bertz CT molecular complexity index is 634. The minimum absolute atomic E-state index is 0. The summed E-state index contributed by atoms with van der Waals surface area (Å²) >= 11 is 0. The summed E-state index contributed by atoms with van der Waals surface area (Å²) in [6.45, 7) is 4.70. The van der Waals surface area contributed by atoms with Crippen LogP contribution in [0.4, 0.5) is 8.78 Å². The molecule has 0 aliphatic heterocycles. The van der Waals surface area contributed by atoms with Gasteiger partial charge in [-0.3, -0.25) is 0 Å². The van der Waals surface area contributed by atoms with Gasteiger partial charge in [0.05, 0.1) is 12.6 Å². The molecule has 0 radical (unpaired) electrons. The maximum absolute atomic E-state index is 13.8. The zero-order chi connectivity index (χ0) is 15.9. The Balaban J connectivity index is 0.00000264. The van der Waals surface area contributed by atoms with Gasteiger partial charge in [0.15, 0.2) is 5.96 Å². The monoisotopic (exact) mass is 436 g/mol. The smallest absolute Gasteiger partial charge is 0.192 e. The van der Waals surface area contributed by atoms with Crippen LogP contribution in [0.5, 0.6) is 0 Å². The molecule has 126 valence electrons. The van der Waals surface area contributed by atoms with Gasteiger partial charge in [-0.25, -0.2) is 13.8 Å². The summed E-state index contributed by atoms with van der Waals surface area (Å²) in [5.41, 5.74) is 1.06. The van der Waals surface area contributed by atoms with Gasteiger partial charge in [0.2, 0.25) is 0 Å². The van der Waals surface area contributed by atoms with Gasteiger partial charge in [-0.05, 0) is 19.9 Å². The van der Waals surface area contributed by atoms with Gasteiger partial charge in [0.25, 0.3) is 0 Å². The highest BCUT2D eigenvalue weighted by molar-refractivity contribution is 14.0. The second-order valence-electron chi connectivity index (χ2n) is 4.72. The van der Waals surface area contributed by atoms with E-state index in [2.05, 4.69) is 20.8 Å². The first-order valence-electron chi connectivity index (χ1n) is 6.99. The Labute approximate surface area is 150 Å². The highest BCUT2D eigenvalue weighted by Crippen LogP contribution is 2.17. The van der Waals surface area contributed by atoms with E-state index in [1.54, 1.807) is 13.0 Å². The third-order valence-electron chi connectivity index (χ3n) is 3.02. The average molecular weight is 436 g/mol. The number of nitrogens with zero attached hydrogens (tertiary/aromatic N) is 2. The fourth-order valence-corrected chi connectivity index (χ4v) is 1.93. The minimum atomic E-state index is -0.597. The van der Waals surface area contributed by atoms with E-state index in [0.717, 1.165) is 6.07 Å². The number of aromatic nitrogens is 1.